The number of ether oxygens (including phenoxy) is 1. The highest BCUT2D eigenvalue weighted by Gasteiger charge is 2.20. The van der Waals surface area contributed by atoms with Gasteiger partial charge in [0.25, 0.3) is 5.89 Å². The van der Waals surface area contributed by atoms with E-state index in [1.807, 2.05) is 0 Å². The van der Waals surface area contributed by atoms with Crippen LogP contribution in [-0.2, 0) is 11.2 Å². The molecule has 1 saturated heterocycles. The standard InChI is InChI=1S/C13H13ClN2O3/c14-9-1-2-11(17)10(6-9)13-15-12(16-19-13)5-8-3-4-18-7-8/h1-2,6,8,17H,3-5,7H2. The largest absolute Gasteiger partial charge is 0.507 e. The number of hydrogen-bond acceptors (Lipinski definition) is 5. The molecule has 1 aromatic heterocycles. The third-order valence-corrected chi connectivity index (χ3v) is 3.39. The number of nitrogens with zero attached hydrogens (tertiary/aromatic N) is 2. The van der Waals surface area contributed by atoms with Crippen molar-refractivity contribution in [3.63, 3.8) is 0 Å². The Hall–Kier alpha value is -1.59. The number of aromatic nitrogens is 2. The molecule has 19 heavy (non-hydrogen) atoms. The maximum atomic E-state index is 9.78. The highest BCUT2D eigenvalue weighted by atomic mass is 35.5. The van der Waals surface area contributed by atoms with Gasteiger partial charge in [-0.05, 0) is 30.5 Å². The lowest BCUT2D eigenvalue weighted by Gasteiger charge is -2.01. The van der Waals surface area contributed by atoms with E-state index in [-0.39, 0.29) is 11.6 Å². The van der Waals surface area contributed by atoms with E-state index in [0.29, 0.717) is 22.3 Å². The summed E-state index contributed by atoms with van der Waals surface area (Å²) in [4.78, 5) is 4.29. The van der Waals surface area contributed by atoms with Crippen LogP contribution in [0.15, 0.2) is 22.7 Å². The van der Waals surface area contributed by atoms with Crippen molar-refractivity contribution in [1.82, 2.24) is 10.1 Å². The number of benzene rings is 1. The summed E-state index contributed by atoms with van der Waals surface area (Å²) in [6.07, 6.45) is 1.75. The van der Waals surface area contributed by atoms with Gasteiger partial charge in [-0.3, -0.25) is 0 Å². The lowest BCUT2D eigenvalue weighted by Crippen LogP contribution is -2.04. The third kappa shape index (κ3) is 2.72. The van der Waals surface area contributed by atoms with E-state index >= 15 is 0 Å². The van der Waals surface area contributed by atoms with Crippen molar-refractivity contribution in [1.29, 1.82) is 0 Å². The molecular weight excluding hydrogens is 268 g/mol. The zero-order chi connectivity index (χ0) is 13.2. The first-order valence-corrected chi connectivity index (χ1v) is 6.49. The fourth-order valence-corrected chi connectivity index (χ4v) is 2.30. The van der Waals surface area contributed by atoms with E-state index in [9.17, 15) is 5.11 Å². The summed E-state index contributed by atoms with van der Waals surface area (Å²) < 4.78 is 10.5. The number of phenolic OH excluding ortho intramolecular Hbond substituents is 1. The Balaban J connectivity index is 1.82. The molecule has 1 N–H and O–H groups in total. The molecule has 0 aliphatic carbocycles. The molecule has 0 bridgehead atoms. The molecule has 0 saturated carbocycles. The number of hydrogen-bond donors (Lipinski definition) is 1. The first kappa shape index (κ1) is 12.4. The third-order valence-electron chi connectivity index (χ3n) is 3.15. The predicted octanol–water partition coefficient (Wildman–Crippen LogP) is 2.67. The maximum Gasteiger partial charge on any atom is 0.261 e. The second-order valence-corrected chi connectivity index (χ2v) is 5.05. The second kappa shape index (κ2) is 5.19. The van der Waals surface area contributed by atoms with Crippen LogP contribution in [0.4, 0.5) is 0 Å². The molecule has 1 atom stereocenters. The minimum Gasteiger partial charge on any atom is -0.507 e. The monoisotopic (exact) mass is 280 g/mol. The van der Waals surface area contributed by atoms with E-state index in [1.54, 1.807) is 12.1 Å². The summed E-state index contributed by atoms with van der Waals surface area (Å²) >= 11 is 5.89. The Morgan fingerprint density at radius 1 is 1.42 bits per heavy atom. The SMILES string of the molecule is Oc1ccc(Cl)cc1-c1nc(CC2CCOC2)no1. The van der Waals surface area contributed by atoms with Crippen LogP contribution >= 0.6 is 11.6 Å². The van der Waals surface area contributed by atoms with E-state index in [4.69, 9.17) is 20.9 Å². The molecule has 1 aliphatic heterocycles. The molecule has 3 rings (SSSR count). The van der Waals surface area contributed by atoms with Gasteiger partial charge >= 0.3 is 0 Å². The van der Waals surface area contributed by atoms with Crippen molar-refractivity contribution in [3.8, 4) is 17.2 Å². The lowest BCUT2D eigenvalue weighted by molar-refractivity contribution is 0.185. The zero-order valence-electron chi connectivity index (χ0n) is 10.2. The molecule has 100 valence electrons. The zero-order valence-corrected chi connectivity index (χ0v) is 10.9. The smallest absolute Gasteiger partial charge is 0.261 e. The van der Waals surface area contributed by atoms with Gasteiger partial charge in [0.05, 0.1) is 5.56 Å². The van der Waals surface area contributed by atoms with Crippen LogP contribution in [-0.4, -0.2) is 28.5 Å². The average Bonchev–Trinajstić information content (AvgIpc) is 3.04. The molecule has 0 radical (unpaired) electrons. The van der Waals surface area contributed by atoms with Crippen LogP contribution in [0.25, 0.3) is 11.5 Å². The molecule has 1 fully saturated rings. The normalized spacial score (nSPS) is 18.9. The summed E-state index contributed by atoms with van der Waals surface area (Å²) in [6.45, 7) is 1.54. The van der Waals surface area contributed by atoms with E-state index in [0.717, 1.165) is 26.1 Å². The van der Waals surface area contributed by atoms with E-state index in [2.05, 4.69) is 10.1 Å². The van der Waals surface area contributed by atoms with Crippen LogP contribution in [0, 0.1) is 5.92 Å². The van der Waals surface area contributed by atoms with Gasteiger partial charge in [-0.2, -0.15) is 4.98 Å². The Bertz CT molecular complexity index is 579. The summed E-state index contributed by atoms with van der Waals surface area (Å²) in [6, 6.07) is 4.72. The van der Waals surface area contributed by atoms with Gasteiger partial charge in [-0.1, -0.05) is 16.8 Å². The fourth-order valence-electron chi connectivity index (χ4n) is 2.13. The number of phenols is 1. The van der Waals surface area contributed by atoms with Gasteiger partial charge in [0.2, 0.25) is 0 Å². The summed E-state index contributed by atoms with van der Waals surface area (Å²) in [5, 5.41) is 14.2. The quantitative estimate of drug-likeness (QED) is 0.936. The number of aromatic hydroxyl groups is 1. The van der Waals surface area contributed by atoms with Crippen LogP contribution < -0.4 is 0 Å². The predicted molar refractivity (Wildman–Crippen MR) is 69.0 cm³/mol. The van der Waals surface area contributed by atoms with Crippen molar-refractivity contribution >= 4 is 11.6 Å². The molecule has 0 spiro atoms. The van der Waals surface area contributed by atoms with Crippen molar-refractivity contribution < 1.29 is 14.4 Å². The minimum atomic E-state index is 0.0730. The Morgan fingerprint density at radius 2 is 2.32 bits per heavy atom. The molecule has 1 aromatic carbocycles. The molecule has 2 aromatic rings. The first-order chi connectivity index (χ1) is 9.22. The van der Waals surface area contributed by atoms with Crippen molar-refractivity contribution in [2.75, 3.05) is 13.2 Å². The molecule has 1 unspecified atom stereocenters. The van der Waals surface area contributed by atoms with Gasteiger partial charge in [-0.25, -0.2) is 0 Å². The van der Waals surface area contributed by atoms with E-state index in [1.165, 1.54) is 6.07 Å². The second-order valence-electron chi connectivity index (χ2n) is 4.61. The Morgan fingerprint density at radius 3 is 3.11 bits per heavy atom. The van der Waals surface area contributed by atoms with Crippen molar-refractivity contribution in [2.45, 2.75) is 12.8 Å². The van der Waals surface area contributed by atoms with Gasteiger partial charge < -0.3 is 14.4 Å². The summed E-state index contributed by atoms with van der Waals surface area (Å²) in [7, 11) is 0. The molecule has 1 aliphatic rings. The van der Waals surface area contributed by atoms with Gasteiger partial charge in [0.15, 0.2) is 5.82 Å². The number of halogens is 1. The first-order valence-electron chi connectivity index (χ1n) is 6.11. The van der Waals surface area contributed by atoms with Crippen LogP contribution in [0.1, 0.15) is 12.2 Å². The van der Waals surface area contributed by atoms with Crippen LogP contribution in [0.3, 0.4) is 0 Å². The van der Waals surface area contributed by atoms with Crippen LogP contribution in [0.2, 0.25) is 5.02 Å². The minimum absolute atomic E-state index is 0.0730. The van der Waals surface area contributed by atoms with Gasteiger partial charge in [-0.15, -0.1) is 0 Å². The van der Waals surface area contributed by atoms with Crippen molar-refractivity contribution in [2.24, 2.45) is 5.92 Å². The molecule has 6 heteroatoms. The average molecular weight is 281 g/mol. The summed E-state index contributed by atoms with van der Waals surface area (Å²) in [5.74, 6) is 1.43. The Kier molecular flexibility index (Phi) is 3.40. The lowest BCUT2D eigenvalue weighted by atomic mass is 10.1. The van der Waals surface area contributed by atoms with Crippen LogP contribution in [0.5, 0.6) is 5.75 Å². The number of rotatable bonds is 3. The summed E-state index contributed by atoms with van der Waals surface area (Å²) in [5.41, 5.74) is 0.453. The molecule has 2 heterocycles. The fraction of sp³-hybridized carbons (Fsp3) is 0.385. The van der Waals surface area contributed by atoms with Crippen molar-refractivity contribution in [3.05, 3.63) is 29.0 Å². The highest BCUT2D eigenvalue weighted by Crippen LogP contribution is 2.30. The topological polar surface area (TPSA) is 68.4 Å². The molecule has 0 amide bonds. The van der Waals surface area contributed by atoms with E-state index < -0.39 is 0 Å². The Labute approximate surface area is 115 Å². The van der Waals surface area contributed by atoms with Gasteiger partial charge in [0.1, 0.15) is 5.75 Å². The highest BCUT2D eigenvalue weighted by molar-refractivity contribution is 6.30. The van der Waals surface area contributed by atoms with Gasteiger partial charge in [0, 0.05) is 24.7 Å². The molecular formula is C13H13ClN2O3. The molecule has 5 nitrogen and oxygen atoms in total. The maximum absolute atomic E-state index is 9.78.